The van der Waals surface area contributed by atoms with E-state index >= 15 is 0 Å². The quantitative estimate of drug-likeness (QED) is 0.755. The highest BCUT2D eigenvalue weighted by molar-refractivity contribution is 9.11. The first-order valence-electron chi connectivity index (χ1n) is 5.30. The van der Waals surface area contributed by atoms with Crippen LogP contribution in [0.5, 0.6) is 0 Å². The van der Waals surface area contributed by atoms with E-state index in [1.54, 1.807) is 16.2 Å². The molecule has 1 aromatic heterocycles. The van der Waals surface area contributed by atoms with Crippen molar-refractivity contribution in [1.82, 2.24) is 4.90 Å². The van der Waals surface area contributed by atoms with E-state index in [2.05, 4.69) is 37.2 Å². The van der Waals surface area contributed by atoms with Gasteiger partial charge in [0, 0.05) is 23.6 Å². The third-order valence-electron chi connectivity index (χ3n) is 2.46. The van der Waals surface area contributed by atoms with Gasteiger partial charge in [0.15, 0.2) is 0 Å². The summed E-state index contributed by atoms with van der Waals surface area (Å²) in [7, 11) is 1.81. The summed E-state index contributed by atoms with van der Waals surface area (Å²) in [6.07, 6.45) is 0. The summed E-state index contributed by atoms with van der Waals surface area (Å²) in [6.45, 7) is 0.618. The fourth-order valence-electron chi connectivity index (χ4n) is 1.62. The standard InChI is InChI=1S/C13H11Br2NOS/c1-16(7-9-5-12(15)18-8-9)13(17)10-3-2-4-11(14)6-10/h2-6,8H,7H2,1H3. The third kappa shape index (κ3) is 3.43. The second kappa shape index (κ2) is 5.99. The van der Waals surface area contributed by atoms with Gasteiger partial charge in [-0.15, -0.1) is 11.3 Å². The van der Waals surface area contributed by atoms with Crippen LogP contribution < -0.4 is 0 Å². The maximum absolute atomic E-state index is 12.2. The lowest BCUT2D eigenvalue weighted by molar-refractivity contribution is 0.0785. The second-order valence-electron chi connectivity index (χ2n) is 3.93. The minimum Gasteiger partial charge on any atom is -0.337 e. The number of carbonyl (C=O) groups is 1. The topological polar surface area (TPSA) is 20.3 Å². The average Bonchev–Trinajstić information content (AvgIpc) is 2.73. The summed E-state index contributed by atoms with van der Waals surface area (Å²) in [5.74, 6) is 0.0265. The first kappa shape index (κ1) is 13.8. The molecule has 94 valence electrons. The zero-order valence-corrected chi connectivity index (χ0v) is 13.7. The highest BCUT2D eigenvalue weighted by atomic mass is 79.9. The van der Waals surface area contributed by atoms with Crippen molar-refractivity contribution < 1.29 is 4.79 Å². The van der Waals surface area contributed by atoms with Gasteiger partial charge in [0.2, 0.25) is 0 Å². The van der Waals surface area contributed by atoms with Gasteiger partial charge in [0.05, 0.1) is 3.79 Å². The van der Waals surface area contributed by atoms with Gasteiger partial charge in [0.1, 0.15) is 0 Å². The summed E-state index contributed by atoms with van der Waals surface area (Å²) in [5.41, 5.74) is 1.83. The molecule has 0 fully saturated rings. The molecule has 0 N–H and O–H groups in total. The van der Waals surface area contributed by atoms with E-state index in [-0.39, 0.29) is 5.91 Å². The number of thiophene rings is 1. The predicted molar refractivity (Wildman–Crippen MR) is 82.0 cm³/mol. The molecule has 0 atom stereocenters. The van der Waals surface area contributed by atoms with Crippen molar-refractivity contribution in [2.24, 2.45) is 0 Å². The Labute approximate surface area is 127 Å². The smallest absolute Gasteiger partial charge is 0.253 e. The van der Waals surface area contributed by atoms with Crippen LogP contribution in [0.1, 0.15) is 15.9 Å². The molecule has 2 aromatic rings. The normalized spacial score (nSPS) is 10.4. The monoisotopic (exact) mass is 387 g/mol. The van der Waals surface area contributed by atoms with Crippen LogP contribution in [0.4, 0.5) is 0 Å². The molecule has 18 heavy (non-hydrogen) atoms. The summed E-state index contributed by atoms with van der Waals surface area (Å²) >= 11 is 8.42. The van der Waals surface area contributed by atoms with E-state index in [1.807, 2.05) is 37.4 Å². The molecule has 0 aliphatic rings. The molecule has 0 bridgehead atoms. The summed E-state index contributed by atoms with van der Waals surface area (Å²) in [4.78, 5) is 13.9. The van der Waals surface area contributed by atoms with E-state index in [0.717, 1.165) is 13.8 Å². The van der Waals surface area contributed by atoms with Crippen LogP contribution in [0.2, 0.25) is 0 Å². The van der Waals surface area contributed by atoms with E-state index in [1.165, 1.54) is 0 Å². The van der Waals surface area contributed by atoms with Crippen molar-refractivity contribution in [2.75, 3.05) is 7.05 Å². The van der Waals surface area contributed by atoms with E-state index in [9.17, 15) is 4.79 Å². The minimum absolute atomic E-state index is 0.0265. The molecular weight excluding hydrogens is 378 g/mol. The Morgan fingerprint density at radius 1 is 1.33 bits per heavy atom. The molecule has 5 heteroatoms. The average molecular weight is 389 g/mol. The lowest BCUT2D eigenvalue weighted by Crippen LogP contribution is -2.25. The molecule has 1 aromatic carbocycles. The molecule has 2 nitrogen and oxygen atoms in total. The van der Waals surface area contributed by atoms with Crippen LogP contribution in [0.15, 0.2) is 44.0 Å². The van der Waals surface area contributed by atoms with E-state index in [4.69, 9.17) is 0 Å². The molecule has 0 radical (unpaired) electrons. The number of rotatable bonds is 3. The summed E-state index contributed by atoms with van der Waals surface area (Å²) in [5, 5.41) is 2.05. The molecule has 0 saturated carbocycles. The zero-order valence-electron chi connectivity index (χ0n) is 9.69. The van der Waals surface area contributed by atoms with Crippen LogP contribution in [-0.2, 0) is 6.54 Å². The Bertz CT molecular complexity index is 568. The van der Waals surface area contributed by atoms with Crippen molar-refractivity contribution in [3.63, 3.8) is 0 Å². The minimum atomic E-state index is 0.0265. The number of nitrogens with zero attached hydrogens (tertiary/aromatic N) is 1. The van der Waals surface area contributed by atoms with Crippen molar-refractivity contribution in [1.29, 1.82) is 0 Å². The number of benzene rings is 1. The van der Waals surface area contributed by atoms with Gasteiger partial charge in [-0.25, -0.2) is 0 Å². The molecule has 1 amide bonds. The molecule has 2 rings (SSSR count). The van der Waals surface area contributed by atoms with E-state index in [0.29, 0.717) is 12.1 Å². The summed E-state index contributed by atoms with van der Waals surface area (Å²) < 4.78 is 2.00. The van der Waals surface area contributed by atoms with Crippen LogP contribution in [0, 0.1) is 0 Å². The fraction of sp³-hybridized carbons (Fsp3) is 0.154. The molecule has 0 aliphatic heterocycles. The number of carbonyl (C=O) groups excluding carboxylic acids is 1. The maximum atomic E-state index is 12.2. The second-order valence-corrected chi connectivity index (χ2v) is 7.14. The first-order chi connectivity index (χ1) is 8.56. The Balaban J connectivity index is 2.09. The Kier molecular flexibility index (Phi) is 4.59. The van der Waals surface area contributed by atoms with Gasteiger partial charge in [-0.3, -0.25) is 4.79 Å². The maximum Gasteiger partial charge on any atom is 0.253 e. The van der Waals surface area contributed by atoms with Gasteiger partial charge in [-0.2, -0.15) is 0 Å². The van der Waals surface area contributed by atoms with Crippen molar-refractivity contribution in [3.8, 4) is 0 Å². The molecule has 1 heterocycles. The molecular formula is C13H11Br2NOS. The van der Waals surface area contributed by atoms with Crippen molar-refractivity contribution in [3.05, 3.63) is 55.1 Å². The molecule has 0 saturated heterocycles. The van der Waals surface area contributed by atoms with Crippen molar-refractivity contribution in [2.45, 2.75) is 6.54 Å². The van der Waals surface area contributed by atoms with Gasteiger partial charge in [0.25, 0.3) is 5.91 Å². The Hall–Kier alpha value is -0.650. The molecule has 0 aliphatic carbocycles. The van der Waals surface area contributed by atoms with Gasteiger partial charge in [-0.05, 0) is 51.1 Å². The van der Waals surface area contributed by atoms with Gasteiger partial charge in [-0.1, -0.05) is 22.0 Å². The van der Waals surface area contributed by atoms with Crippen LogP contribution in [0.3, 0.4) is 0 Å². The number of halogens is 2. The Morgan fingerprint density at radius 2 is 2.11 bits per heavy atom. The highest BCUT2D eigenvalue weighted by Crippen LogP contribution is 2.22. The fourth-order valence-corrected chi connectivity index (χ4v) is 3.22. The summed E-state index contributed by atoms with van der Waals surface area (Å²) in [6, 6.07) is 9.48. The largest absolute Gasteiger partial charge is 0.337 e. The zero-order chi connectivity index (χ0) is 13.1. The third-order valence-corrected chi connectivity index (χ3v) is 4.51. The molecule has 0 unspecified atom stereocenters. The van der Waals surface area contributed by atoms with E-state index < -0.39 is 0 Å². The number of hydrogen-bond donors (Lipinski definition) is 0. The van der Waals surface area contributed by atoms with Crippen LogP contribution >= 0.6 is 43.2 Å². The Morgan fingerprint density at radius 3 is 2.72 bits per heavy atom. The van der Waals surface area contributed by atoms with Gasteiger partial charge < -0.3 is 4.90 Å². The van der Waals surface area contributed by atoms with Crippen LogP contribution in [0.25, 0.3) is 0 Å². The molecule has 0 spiro atoms. The van der Waals surface area contributed by atoms with Crippen LogP contribution in [-0.4, -0.2) is 17.9 Å². The number of hydrogen-bond acceptors (Lipinski definition) is 2. The van der Waals surface area contributed by atoms with Crippen molar-refractivity contribution >= 4 is 49.1 Å². The first-order valence-corrected chi connectivity index (χ1v) is 7.77. The van der Waals surface area contributed by atoms with Gasteiger partial charge >= 0.3 is 0 Å². The lowest BCUT2D eigenvalue weighted by atomic mass is 10.2. The highest BCUT2D eigenvalue weighted by Gasteiger charge is 2.12. The predicted octanol–water partition coefficient (Wildman–Crippen LogP) is 4.55. The lowest BCUT2D eigenvalue weighted by Gasteiger charge is -2.16. The number of amides is 1. The SMILES string of the molecule is CN(Cc1csc(Br)c1)C(=O)c1cccc(Br)c1.